The van der Waals surface area contributed by atoms with Crippen molar-refractivity contribution < 1.29 is 0 Å². The Balaban J connectivity index is 1.22. The minimum absolute atomic E-state index is 0.161. The average Bonchev–Trinajstić information content (AvgIpc) is 3.50. The van der Waals surface area contributed by atoms with Gasteiger partial charge in [0.15, 0.2) is 0 Å². The summed E-state index contributed by atoms with van der Waals surface area (Å²) in [5.41, 5.74) is 14.1. The van der Waals surface area contributed by atoms with Crippen LogP contribution >= 0.6 is 0 Å². The Morgan fingerprint density at radius 2 is 1.04 bits per heavy atom. The van der Waals surface area contributed by atoms with Crippen LogP contribution in [0.15, 0.2) is 158 Å². The molecule has 2 heteroatoms. The molecule has 1 aliphatic heterocycles. The SMILES string of the molecule is CC(C)C1N(C)C(c2ccccc2)=C(c2ccccc2)N1c1ccc(-c2c3ccccc3c(-c3ccc4c(c3)CCC=C4)c3ccccc23)cc1. The van der Waals surface area contributed by atoms with Crippen LogP contribution < -0.4 is 4.90 Å². The van der Waals surface area contributed by atoms with Gasteiger partial charge in [0, 0.05) is 23.9 Å². The molecule has 7 aromatic carbocycles. The molecule has 51 heavy (non-hydrogen) atoms. The van der Waals surface area contributed by atoms with E-state index in [2.05, 4.69) is 195 Å². The molecule has 0 saturated carbocycles. The Morgan fingerprint density at radius 3 is 1.61 bits per heavy atom. The van der Waals surface area contributed by atoms with Crippen LogP contribution in [0.1, 0.15) is 42.5 Å². The summed E-state index contributed by atoms with van der Waals surface area (Å²) in [6, 6.07) is 56.1. The van der Waals surface area contributed by atoms with Crippen LogP contribution in [0.3, 0.4) is 0 Å². The fourth-order valence-electron chi connectivity index (χ4n) is 8.68. The highest BCUT2D eigenvalue weighted by Crippen LogP contribution is 2.47. The lowest BCUT2D eigenvalue weighted by molar-refractivity contribution is 0.296. The Morgan fingerprint density at radius 1 is 0.529 bits per heavy atom. The van der Waals surface area contributed by atoms with Gasteiger partial charge in [0.1, 0.15) is 6.17 Å². The molecular formula is C49H42N2. The summed E-state index contributed by atoms with van der Waals surface area (Å²) in [6.07, 6.45) is 6.93. The van der Waals surface area contributed by atoms with Gasteiger partial charge in [0.2, 0.25) is 0 Å². The van der Waals surface area contributed by atoms with E-state index in [1.54, 1.807) is 0 Å². The Labute approximate surface area is 301 Å². The molecule has 1 atom stereocenters. The third-order valence-electron chi connectivity index (χ3n) is 10.8. The van der Waals surface area contributed by atoms with E-state index in [0.29, 0.717) is 5.92 Å². The van der Waals surface area contributed by atoms with E-state index in [-0.39, 0.29) is 6.17 Å². The largest absolute Gasteiger partial charge is 0.352 e. The summed E-state index contributed by atoms with van der Waals surface area (Å²) in [7, 11) is 2.25. The van der Waals surface area contributed by atoms with E-state index < -0.39 is 0 Å². The van der Waals surface area contributed by atoms with Gasteiger partial charge in [0.05, 0.1) is 11.4 Å². The molecule has 0 radical (unpaired) electrons. The van der Waals surface area contributed by atoms with E-state index in [1.807, 2.05) is 0 Å². The highest BCUT2D eigenvalue weighted by Gasteiger charge is 2.39. The van der Waals surface area contributed by atoms with Crippen molar-refractivity contribution in [2.45, 2.75) is 32.9 Å². The maximum Gasteiger partial charge on any atom is 0.108 e. The zero-order valence-corrected chi connectivity index (χ0v) is 29.6. The number of benzene rings is 7. The first kappa shape index (κ1) is 31.1. The fourth-order valence-corrected chi connectivity index (χ4v) is 8.68. The van der Waals surface area contributed by atoms with Crippen LogP contribution in [-0.4, -0.2) is 18.1 Å². The van der Waals surface area contributed by atoms with Crippen molar-refractivity contribution in [3.8, 4) is 22.3 Å². The maximum atomic E-state index is 2.57. The summed E-state index contributed by atoms with van der Waals surface area (Å²) in [5.74, 6) is 0.384. The lowest BCUT2D eigenvalue weighted by Gasteiger charge is -2.36. The number of rotatable bonds is 6. The number of fused-ring (bicyclic) bond motifs is 3. The molecule has 0 fully saturated rings. The van der Waals surface area contributed by atoms with Gasteiger partial charge in [-0.3, -0.25) is 0 Å². The molecule has 7 aromatic rings. The summed E-state index contributed by atoms with van der Waals surface area (Å²) in [4.78, 5) is 5.05. The van der Waals surface area contributed by atoms with Crippen LogP contribution in [0.25, 0.3) is 61.3 Å². The van der Waals surface area contributed by atoms with Gasteiger partial charge in [-0.25, -0.2) is 0 Å². The normalized spacial score (nSPS) is 15.7. The summed E-state index contributed by atoms with van der Waals surface area (Å²) in [6.45, 7) is 4.66. The smallest absolute Gasteiger partial charge is 0.108 e. The van der Waals surface area contributed by atoms with Crippen molar-refractivity contribution in [1.82, 2.24) is 4.90 Å². The first-order valence-electron chi connectivity index (χ1n) is 18.3. The molecule has 0 saturated heterocycles. The molecule has 0 amide bonds. The fraction of sp³-hybridized carbons (Fsp3) is 0.143. The van der Waals surface area contributed by atoms with Gasteiger partial charge in [-0.05, 0) is 85.8 Å². The molecule has 0 N–H and O–H groups in total. The van der Waals surface area contributed by atoms with Crippen molar-refractivity contribution in [3.05, 3.63) is 180 Å². The van der Waals surface area contributed by atoms with Crippen LogP contribution in [0.4, 0.5) is 5.69 Å². The number of allylic oxidation sites excluding steroid dienone is 1. The van der Waals surface area contributed by atoms with Gasteiger partial charge in [-0.2, -0.15) is 0 Å². The predicted octanol–water partition coefficient (Wildman–Crippen LogP) is 12.5. The quantitative estimate of drug-likeness (QED) is 0.164. The third-order valence-corrected chi connectivity index (χ3v) is 10.8. The highest BCUT2D eigenvalue weighted by molar-refractivity contribution is 6.21. The predicted molar refractivity (Wildman–Crippen MR) is 218 cm³/mol. The van der Waals surface area contributed by atoms with Crippen molar-refractivity contribution >= 4 is 44.7 Å². The Bertz CT molecular complexity index is 2400. The first-order valence-corrected chi connectivity index (χ1v) is 18.3. The van der Waals surface area contributed by atoms with Crippen molar-refractivity contribution in [2.24, 2.45) is 5.92 Å². The number of anilines is 1. The second-order valence-electron chi connectivity index (χ2n) is 14.3. The minimum atomic E-state index is 0.161. The van der Waals surface area contributed by atoms with Crippen molar-refractivity contribution in [3.63, 3.8) is 0 Å². The van der Waals surface area contributed by atoms with E-state index in [9.17, 15) is 0 Å². The van der Waals surface area contributed by atoms with E-state index in [0.717, 1.165) is 12.8 Å². The van der Waals surface area contributed by atoms with Gasteiger partial charge < -0.3 is 9.80 Å². The van der Waals surface area contributed by atoms with Gasteiger partial charge in [-0.1, -0.05) is 166 Å². The average molecular weight is 659 g/mol. The molecular weight excluding hydrogens is 617 g/mol. The van der Waals surface area contributed by atoms with E-state index in [4.69, 9.17) is 0 Å². The first-order chi connectivity index (χ1) is 25.1. The molecule has 2 aliphatic rings. The van der Waals surface area contributed by atoms with Crippen LogP contribution in [0.5, 0.6) is 0 Å². The van der Waals surface area contributed by atoms with Crippen molar-refractivity contribution in [2.75, 3.05) is 11.9 Å². The van der Waals surface area contributed by atoms with Crippen LogP contribution in [0.2, 0.25) is 0 Å². The maximum absolute atomic E-state index is 2.57. The summed E-state index contributed by atoms with van der Waals surface area (Å²) >= 11 is 0. The van der Waals surface area contributed by atoms with Gasteiger partial charge >= 0.3 is 0 Å². The number of nitrogens with zero attached hydrogens (tertiary/aromatic N) is 2. The molecule has 9 rings (SSSR count). The number of aryl methyl sites for hydroxylation is 1. The zero-order chi connectivity index (χ0) is 34.5. The second kappa shape index (κ2) is 12.8. The topological polar surface area (TPSA) is 6.48 Å². The molecule has 0 aromatic heterocycles. The van der Waals surface area contributed by atoms with Crippen LogP contribution in [0, 0.1) is 5.92 Å². The number of hydrogen-bond donors (Lipinski definition) is 0. The summed E-state index contributed by atoms with van der Waals surface area (Å²) < 4.78 is 0. The molecule has 1 heterocycles. The zero-order valence-electron chi connectivity index (χ0n) is 29.6. The monoisotopic (exact) mass is 658 g/mol. The minimum Gasteiger partial charge on any atom is -0.352 e. The van der Waals surface area contributed by atoms with Crippen molar-refractivity contribution in [1.29, 1.82) is 0 Å². The molecule has 1 unspecified atom stereocenters. The lowest BCUT2D eigenvalue weighted by Crippen LogP contribution is -2.42. The van der Waals surface area contributed by atoms with Gasteiger partial charge in [-0.15, -0.1) is 0 Å². The molecule has 0 bridgehead atoms. The molecule has 248 valence electrons. The highest BCUT2D eigenvalue weighted by atomic mass is 15.4. The summed E-state index contributed by atoms with van der Waals surface area (Å²) in [5, 5.41) is 5.16. The van der Waals surface area contributed by atoms with Gasteiger partial charge in [0.25, 0.3) is 0 Å². The third kappa shape index (κ3) is 5.25. The second-order valence-corrected chi connectivity index (χ2v) is 14.3. The van der Waals surface area contributed by atoms with E-state index in [1.165, 1.54) is 83.1 Å². The van der Waals surface area contributed by atoms with E-state index >= 15 is 0 Å². The molecule has 1 aliphatic carbocycles. The lowest BCUT2D eigenvalue weighted by atomic mass is 9.84. The van der Waals surface area contributed by atoms with Crippen LogP contribution in [-0.2, 0) is 6.42 Å². The Kier molecular flexibility index (Phi) is 7.81. The molecule has 2 nitrogen and oxygen atoms in total. The standard InChI is InChI=1S/C49H42N2/c1-33(2)49-50(3)47(36-17-6-4-7-18-36)48(37-19-8-5-9-20-37)51(49)40-30-28-35(29-31-40)45-41-22-12-14-24-43(41)46(44-25-15-13-23-42(44)45)39-27-26-34-16-10-11-21-38(34)32-39/h4-10,12-20,22-33,49H,11,21H2,1-3H3. The Hall–Kier alpha value is -5.86. The molecule has 0 spiro atoms. The number of hydrogen-bond acceptors (Lipinski definition) is 2.